The number of piperazine rings is 1. The van der Waals surface area contributed by atoms with E-state index < -0.39 is 23.8 Å². The first kappa shape index (κ1) is 22.9. The predicted octanol–water partition coefficient (Wildman–Crippen LogP) is 2.88. The van der Waals surface area contributed by atoms with Gasteiger partial charge in [0.1, 0.15) is 11.8 Å². The molecule has 2 unspecified atom stereocenters. The third-order valence-corrected chi connectivity index (χ3v) is 6.12. The van der Waals surface area contributed by atoms with E-state index in [-0.39, 0.29) is 6.61 Å². The molecule has 0 radical (unpaired) electrons. The molecule has 9 heteroatoms. The Labute approximate surface area is 198 Å². The number of nitrogens with zero attached hydrogens (tertiary/aromatic N) is 3. The largest absolute Gasteiger partial charge is 0.496 e. The van der Waals surface area contributed by atoms with Crippen molar-refractivity contribution in [3.05, 3.63) is 59.1 Å². The molecular weight excluding hydrogens is 444 g/mol. The van der Waals surface area contributed by atoms with Crippen molar-refractivity contribution in [3.63, 3.8) is 0 Å². The van der Waals surface area contributed by atoms with Gasteiger partial charge in [0.2, 0.25) is 11.9 Å². The second kappa shape index (κ2) is 10.1. The van der Waals surface area contributed by atoms with Crippen LogP contribution in [0.5, 0.6) is 5.75 Å². The number of esters is 1. The first-order valence-electron chi connectivity index (χ1n) is 11.0. The molecule has 2 aromatic rings. The lowest BCUT2D eigenvalue weighted by atomic mass is 9.90. The van der Waals surface area contributed by atoms with Crippen LogP contribution >= 0.6 is 11.6 Å². The molecule has 0 spiro atoms. The minimum Gasteiger partial charge on any atom is -0.496 e. The Kier molecular flexibility index (Phi) is 7.03. The van der Waals surface area contributed by atoms with Crippen molar-refractivity contribution in [2.75, 3.05) is 44.8 Å². The van der Waals surface area contributed by atoms with Gasteiger partial charge in [0.15, 0.2) is 5.92 Å². The van der Waals surface area contributed by atoms with E-state index in [1.807, 2.05) is 47.4 Å². The van der Waals surface area contributed by atoms with Crippen LogP contribution < -0.4 is 15.0 Å². The number of aliphatic imine (C=N–C) groups is 1. The van der Waals surface area contributed by atoms with Crippen LogP contribution in [0.3, 0.4) is 0 Å². The fourth-order valence-corrected chi connectivity index (χ4v) is 4.31. The summed E-state index contributed by atoms with van der Waals surface area (Å²) in [6, 6.07) is 14.3. The van der Waals surface area contributed by atoms with Crippen molar-refractivity contribution in [2.24, 2.45) is 10.9 Å². The molecule has 2 aromatic carbocycles. The molecule has 2 aliphatic heterocycles. The number of hydrogen-bond donors (Lipinski definition) is 1. The minimum absolute atomic E-state index is 0.185. The van der Waals surface area contributed by atoms with Gasteiger partial charge in [-0.05, 0) is 37.3 Å². The number of para-hydroxylation sites is 1. The molecule has 33 heavy (non-hydrogen) atoms. The van der Waals surface area contributed by atoms with Gasteiger partial charge in [0.25, 0.3) is 0 Å². The van der Waals surface area contributed by atoms with Gasteiger partial charge in [0.05, 0.1) is 13.7 Å². The Morgan fingerprint density at radius 1 is 1.09 bits per heavy atom. The maximum atomic E-state index is 13.1. The molecule has 4 rings (SSSR count). The van der Waals surface area contributed by atoms with Crippen LogP contribution in [0.15, 0.2) is 53.5 Å². The van der Waals surface area contributed by atoms with Crippen LogP contribution in [0.1, 0.15) is 18.5 Å². The van der Waals surface area contributed by atoms with Crippen LogP contribution in [0.4, 0.5) is 5.69 Å². The Hall–Kier alpha value is -3.26. The first-order valence-corrected chi connectivity index (χ1v) is 11.3. The van der Waals surface area contributed by atoms with Gasteiger partial charge in [0, 0.05) is 42.5 Å². The lowest BCUT2D eigenvalue weighted by molar-refractivity contribution is -0.153. The maximum Gasteiger partial charge on any atom is 0.321 e. The Morgan fingerprint density at radius 2 is 1.76 bits per heavy atom. The summed E-state index contributed by atoms with van der Waals surface area (Å²) in [5, 5.41) is 3.54. The highest BCUT2D eigenvalue weighted by atomic mass is 35.5. The van der Waals surface area contributed by atoms with Crippen molar-refractivity contribution in [1.82, 2.24) is 10.2 Å². The van der Waals surface area contributed by atoms with Crippen LogP contribution in [0, 0.1) is 5.92 Å². The molecule has 2 atom stereocenters. The van der Waals surface area contributed by atoms with Gasteiger partial charge in [-0.25, -0.2) is 4.99 Å². The van der Waals surface area contributed by atoms with Crippen LogP contribution in [0.2, 0.25) is 5.02 Å². The number of amides is 1. The minimum atomic E-state index is -1.08. The summed E-state index contributed by atoms with van der Waals surface area (Å²) in [5.74, 6) is -1.06. The van der Waals surface area contributed by atoms with E-state index in [1.165, 1.54) is 0 Å². The number of guanidine groups is 1. The zero-order valence-electron chi connectivity index (χ0n) is 18.7. The van der Waals surface area contributed by atoms with Gasteiger partial charge >= 0.3 is 5.97 Å². The second-order valence-corrected chi connectivity index (χ2v) is 8.25. The fourth-order valence-electron chi connectivity index (χ4n) is 4.19. The van der Waals surface area contributed by atoms with Gasteiger partial charge in [-0.2, -0.15) is 0 Å². The summed E-state index contributed by atoms with van der Waals surface area (Å²) in [6.45, 7) is 4.76. The molecule has 1 saturated heterocycles. The Morgan fingerprint density at radius 3 is 2.42 bits per heavy atom. The van der Waals surface area contributed by atoms with E-state index in [1.54, 1.807) is 20.1 Å². The van der Waals surface area contributed by atoms with Gasteiger partial charge in [-0.1, -0.05) is 29.8 Å². The number of ether oxygens (including phenoxy) is 2. The van der Waals surface area contributed by atoms with E-state index in [4.69, 9.17) is 26.1 Å². The van der Waals surface area contributed by atoms with Crippen molar-refractivity contribution in [1.29, 1.82) is 0 Å². The molecule has 2 heterocycles. The second-order valence-electron chi connectivity index (χ2n) is 7.81. The molecule has 1 N–H and O–H groups in total. The number of methoxy groups -OCH3 is 1. The van der Waals surface area contributed by atoms with Gasteiger partial charge in [-0.15, -0.1) is 0 Å². The van der Waals surface area contributed by atoms with E-state index in [9.17, 15) is 9.59 Å². The van der Waals surface area contributed by atoms with E-state index in [0.717, 1.165) is 18.8 Å². The molecule has 0 saturated carbocycles. The molecule has 0 aromatic heterocycles. The summed E-state index contributed by atoms with van der Waals surface area (Å²) < 4.78 is 10.7. The van der Waals surface area contributed by atoms with Crippen molar-refractivity contribution >= 4 is 35.1 Å². The third-order valence-electron chi connectivity index (χ3n) is 5.86. The molecule has 0 bridgehead atoms. The number of carbonyl (C=O) groups is 2. The number of rotatable bonds is 5. The van der Waals surface area contributed by atoms with Crippen molar-refractivity contribution < 1.29 is 19.1 Å². The lowest BCUT2D eigenvalue weighted by Crippen LogP contribution is -2.57. The summed E-state index contributed by atoms with van der Waals surface area (Å²) in [4.78, 5) is 34.9. The maximum absolute atomic E-state index is 13.1. The predicted molar refractivity (Wildman–Crippen MR) is 127 cm³/mol. The van der Waals surface area contributed by atoms with Crippen molar-refractivity contribution in [2.45, 2.75) is 13.0 Å². The SMILES string of the molecule is CCOC(=O)C1C(=O)NC(N2CCN(c3ccc(Cl)cc3)CC2)=NC1c1ccccc1OC. The molecule has 0 aliphatic carbocycles. The number of anilines is 1. The van der Waals surface area contributed by atoms with E-state index >= 15 is 0 Å². The molecule has 8 nitrogen and oxygen atoms in total. The van der Waals surface area contributed by atoms with Crippen LogP contribution in [-0.4, -0.2) is 62.6 Å². The molecule has 1 amide bonds. The third kappa shape index (κ3) is 4.90. The lowest BCUT2D eigenvalue weighted by Gasteiger charge is -2.39. The summed E-state index contributed by atoms with van der Waals surface area (Å²) in [6.07, 6.45) is 0. The fraction of sp³-hybridized carbons (Fsp3) is 0.375. The zero-order valence-corrected chi connectivity index (χ0v) is 19.4. The van der Waals surface area contributed by atoms with Gasteiger partial charge in [-0.3, -0.25) is 14.9 Å². The average Bonchev–Trinajstić information content (AvgIpc) is 2.84. The molecular formula is C24H27ClN4O4. The molecule has 2 aliphatic rings. The van der Waals surface area contributed by atoms with E-state index in [0.29, 0.717) is 35.4 Å². The van der Waals surface area contributed by atoms with Crippen molar-refractivity contribution in [3.8, 4) is 5.75 Å². The highest BCUT2D eigenvalue weighted by Gasteiger charge is 2.43. The number of hydrogen-bond acceptors (Lipinski definition) is 7. The highest BCUT2D eigenvalue weighted by molar-refractivity contribution is 6.30. The molecule has 1 fully saturated rings. The van der Waals surface area contributed by atoms with E-state index in [2.05, 4.69) is 10.2 Å². The number of halogens is 1. The topological polar surface area (TPSA) is 83.5 Å². The highest BCUT2D eigenvalue weighted by Crippen LogP contribution is 2.36. The van der Waals surface area contributed by atoms with Gasteiger partial charge < -0.3 is 19.3 Å². The summed E-state index contributed by atoms with van der Waals surface area (Å²) >= 11 is 6.00. The van der Waals surface area contributed by atoms with Crippen LogP contribution in [0.25, 0.3) is 0 Å². The number of carbonyl (C=O) groups excluding carboxylic acids is 2. The smallest absolute Gasteiger partial charge is 0.321 e. The summed E-state index contributed by atoms with van der Waals surface area (Å²) in [5.41, 5.74) is 1.77. The first-order chi connectivity index (χ1) is 16.0. The number of nitrogens with one attached hydrogen (secondary N) is 1. The standard InChI is InChI=1S/C24H27ClN4O4/c1-3-33-23(31)20-21(18-6-4-5-7-19(18)32-2)26-24(27-22(20)30)29-14-12-28(13-15-29)17-10-8-16(25)9-11-17/h4-11,20-21H,3,12-15H2,1-2H3,(H,26,27,30). The Bertz CT molecular complexity index is 1040. The zero-order chi connectivity index (χ0) is 23.4. The van der Waals surface area contributed by atoms with Crippen LogP contribution in [-0.2, 0) is 14.3 Å². The molecule has 174 valence electrons. The number of benzene rings is 2. The monoisotopic (exact) mass is 470 g/mol. The average molecular weight is 471 g/mol. The normalized spacial score (nSPS) is 20.7. The quantitative estimate of drug-likeness (QED) is 0.534. The summed E-state index contributed by atoms with van der Waals surface area (Å²) in [7, 11) is 1.56. The Balaban J connectivity index is 1.59.